The number of carbonyl (C=O) groups excluding carboxylic acids is 3. The molecule has 80 heavy (non-hydrogen) atoms. The third-order valence-corrected chi connectivity index (χ3v) is 14.5. The van der Waals surface area contributed by atoms with Gasteiger partial charge in [-0.2, -0.15) is 0 Å². The van der Waals surface area contributed by atoms with Gasteiger partial charge in [-0.15, -0.1) is 0 Å². The summed E-state index contributed by atoms with van der Waals surface area (Å²) in [5, 5.41) is 0. The van der Waals surface area contributed by atoms with E-state index in [1.807, 2.05) is 0 Å². The Morgan fingerprint density at radius 2 is 0.487 bits per heavy atom. The molecule has 0 spiro atoms. The number of allylic oxidation sites excluding steroid dienone is 18. The maximum absolute atomic E-state index is 12.9. The number of ether oxygens (including phenoxy) is 3. The first-order chi connectivity index (χ1) is 39.5. The minimum Gasteiger partial charge on any atom is -0.462 e. The zero-order valence-corrected chi connectivity index (χ0v) is 52.6. The summed E-state index contributed by atoms with van der Waals surface area (Å²) in [6.07, 6.45) is 92.3. The van der Waals surface area contributed by atoms with Crippen LogP contribution < -0.4 is 0 Å². The van der Waals surface area contributed by atoms with Crippen molar-refractivity contribution in [3.8, 4) is 0 Å². The minimum absolute atomic E-state index is 0.0910. The molecule has 0 aliphatic carbocycles. The van der Waals surface area contributed by atoms with E-state index < -0.39 is 6.10 Å². The molecule has 0 saturated carbocycles. The van der Waals surface area contributed by atoms with E-state index in [0.29, 0.717) is 19.3 Å². The first kappa shape index (κ1) is 76.1. The number of unbranched alkanes of at least 4 members (excludes halogenated alkanes) is 32. The number of hydrogen-bond acceptors (Lipinski definition) is 6. The van der Waals surface area contributed by atoms with Gasteiger partial charge in [0.2, 0.25) is 0 Å². The van der Waals surface area contributed by atoms with Gasteiger partial charge in [-0.3, -0.25) is 14.4 Å². The topological polar surface area (TPSA) is 78.9 Å². The van der Waals surface area contributed by atoms with E-state index in [0.717, 1.165) is 128 Å². The number of carbonyl (C=O) groups is 3. The van der Waals surface area contributed by atoms with Crippen molar-refractivity contribution in [3.05, 3.63) is 109 Å². The van der Waals surface area contributed by atoms with Crippen molar-refractivity contribution in [3.63, 3.8) is 0 Å². The van der Waals surface area contributed by atoms with E-state index in [4.69, 9.17) is 14.2 Å². The smallest absolute Gasteiger partial charge is 0.306 e. The Bertz CT molecular complexity index is 1610. The summed E-state index contributed by atoms with van der Waals surface area (Å²) in [4.78, 5) is 38.4. The van der Waals surface area contributed by atoms with E-state index in [1.165, 1.54) is 154 Å². The average molecular weight is 1110 g/mol. The van der Waals surface area contributed by atoms with Crippen LogP contribution in [0.1, 0.15) is 323 Å². The van der Waals surface area contributed by atoms with Crippen LogP contribution in [0, 0.1) is 0 Å². The van der Waals surface area contributed by atoms with Crippen molar-refractivity contribution < 1.29 is 28.6 Å². The Morgan fingerprint density at radius 3 is 0.775 bits per heavy atom. The normalized spacial score (nSPS) is 12.8. The lowest BCUT2D eigenvalue weighted by Gasteiger charge is -2.18. The fraction of sp³-hybridized carbons (Fsp3) is 0.716. The fourth-order valence-corrected chi connectivity index (χ4v) is 9.41. The first-order valence-electron chi connectivity index (χ1n) is 33.9. The summed E-state index contributed by atoms with van der Waals surface area (Å²) in [7, 11) is 0. The lowest BCUT2D eigenvalue weighted by molar-refractivity contribution is -0.167. The van der Waals surface area contributed by atoms with Crippen LogP contribution in [0.15, 0.2) is 109 Å². The van der Waals surface area contributed by atoms with Crippen LogP contribution in [0.4, 0.5) is 0 Å². The summed E-state index contributed by atoms with van der Waals surface area (Å²) >= 11 is 0. The van der Waals surface area contributed by atoms with Gasteiger partial charge < -0.3 is 14.2 Å². The molecular formula is C74H126O6. The highest BCUT2D eigenvalue weighted by Crippen LogP contribution is 2.16. The molecule has 0 aliphatic heterocycles. The van der Waals surface area contributed by atoms with Crippen LogP contribution in [0.2, 0.25) is 0 Å². The van der Waals surface area contributed by atoms with E-state index in [1.54, 1.807) is 0 Å². The number of hydrogen-bond donors (Lipinski definition) is 0. The Balaban J connectivity index is 4.44. The van der Waals surface area contributed by atoms with E-state index in [-0.39, 0.29) is 31.1 Å². The predicted molar refractivity (Wildman–Crippen MR) is 348 cm³/mol. The Kier molecular flexibility index (Phi) is 64.3. The van der Waals surface area contributed by atoms with Crippen LogP contribution in [-0.4, -0.2) is 37.2 Å². The third kappa shape index (κ3) is 64.9. The third-order valence-electron chi connectivity index (χ3n) is 14.5. The van der Waals surface area contributed by atoms with Crippen LogP contribution in [0.3, 0.4) is 0 Å². The van der Waals surface area contributed by atoms with Crippen LogP contribution in [0.5, 0.6) is 0 Å². The summed E-state index contributed by atoms with van der Waals surface area (Å²) in [5.74, 6) is -0.911. The molecule has 0 saturated heterocycles. The minimum atomic E-state index is -0.798. The fourth-order valence-electron chi connectivity index (χ4n) is 9.41. The van der Waals surface area contributed by atoms with Gasteiger partial charge in [-0.25, -0.2) is 0 Å². The van der Waals surface area contributed by atoms with Gasteiger partial charge in [0.15, 0.2) is 6.10 Å². The first-order valence-corrected chi connectivity index (χ1v) is 33.9. The second kappa shape index (κ2) is 67.6. The van der Waals surface area contributed by atoms with Crippen molar-refractivity contribution >= 4 is 17.9 Å². The number of rotatable bonds is 61. The van der Waals surface area contributed by atoms with Gasteiger partial charge in [0.05, 0.1) is 0 Å². The highest BCUT2D eigenvalue weighted by atomic mass is 16.6. The highest BCUT2D eigenvalue weighted by Gasteiger charge is 2.19. The molecule has 0 fully saturated rings. The molecule has 6 nitrogen and oxygen atoms in total. The second-order valence-electron chi connectivity index (χ2n) is 22.3. The summed E-state index contributed by atoms with van der Waals surface area (Å²) in [6, 6.07) is 0. The molecule has 0 N–H and O–H groups in total. The van der Waals surface area contributed by atoms with E-state index >= 15 is 0 Å². The van der Waals surface area contributed by atoms with Crippen molar-refractivity contribution in [2.45, 2.75) is 329 Å². The molecule has 0 amide bonds. The Labute approximate surface area is 495 Å². The van der Waals surface area contributed by atoms with E-state index in [9.17, 15) is 14.4 Å². The van der Waals surface area contributed by atoms with Gasteiger partial charge in [0, 0.05) is 19.3 Å². The van der Waals surface area contributed by atoms with E-state index in [2.05, 4.69) is 130 Å². The molecule has 1 unspecified atom stereocenters. The van der Waals surface area contributed by atoms with Crippen molar-refractivity contribution in [2.24, 2.45) is 0 Å². The molecular weight excluding hydrogens is 985 g/mol. The molecule has 0 aromatic carbocycles. The van der Waals surface area contributed by atoms with Crippen molar-refractivity contribution in [1.82, 2.24) is 0 Å². The van der Waals surface area contributed by atoms with Crippen LogP contribution in [-0.2, 0) is 28.6 Å². The summed E-state index contributed by atoms with van der Waals surface area (Å²) < 4.78 is 17.0. The zero-order valence-electron chi connectivity index (χ0n) is 52.6. The van der Waals surface area contributed by atoms with Gasteiger partial charge >= 0.3 is 17.9 Å². The Morgan fingerprint density at radius 1 is 0.263 bits per heavy atom. The molecule has 0 rings (SSSR count). The SMILES string of the molecule is CC/C=C\C/C=C\C/C=C\C/C=C\C/C=C\CCCCCCCC(=O)OC(COC(=O)CCCCCCCCC/C=C\CCCCCCCCC)COC(=O)CCCCCCCCCC/C=C\C/C=C\C/C=C\CCCCCCC. The van der Waals surface area contributed by atoms with Crippen LogP contribution >= 0.6 is 0 Å². The molecule has 0 aromatic rings. The second-order valence-corrected chi connectivity index (χ2v) is 22.3. The van der Waals surface area contributed by atoms with Crippen LogP contribution in [0.25, 0.3) is 0 Å². The highest BCUT2D eigenvalue weighted by molar-refractivity contribution is 5.71. The van der Waals surface area contributed by atoms with Gasteiger partial charge in [-0.1, -0.05) is 284 Å². The van der Waals surface area contributed by atoms with Crippen molar-refractivity contribution in [2.75, 3.05) is 13.2 Å². The molecule has 0 heterocycles. The summed E-state index contributed by atoms with van der Waals surface area (Å²) in [5.41, 5.74) is 0. The lowest BCUT2D eigenvalue weighted by Crippen LogP contribution is -2.30. The molecule has 0 bridgehead atoms. The van der Waals surface area contributed by atoms with Gasteiger partial charge in [0.1, 0.15) is 13.2 Å². The maximum Gasteiger partial charge on any atom is 0.306 e. The van der Waals surface area contributed by atoms with Gasteiger partial charge in [0.25, 0.3) is 0 Å². The lowest BCUT2D eigenvalue weighted by atomic mass is 10.1. The Hall–Kier alpha value is -3.93. The quantitative estimate of drug-likeness (QED) is 0.0261. The largest absolute Gasteiger partial charge is 0.462 e. The zero-order chi connectivity index (χ0) is 57.8. The molecule has 458 valence electrons. The van der Waals surface area contributed by atoms with Gasteiger partial charge in [-0.05, 0) is 128 Å². The molecule has 6 heteroatoms. The maximum atomic E-state index is 12.9. The standard InChI is InChI=1S/C74H126O6/c1-4-7-10-13-16-19-22-25-28-31-34-36-37-39-40-43-46-49-52-55-58-61-64-67-73(76)79-70-71(69-78-72(75)66-63-60-57-54-51-48-45-42-33-30-27-24-21-18-15-12-9-6-3)80-74(77)68-65-62-59-56-53-50-47-44-41-38-35-32-29-26-23-20-17-14-11-8-5-2/h8,11,17,20,22,25-26,29-31,33-35,37-39,44,47,71H,4-7,9-10,12-16,18-19,21,23-24,27-28,32,36,40-43,45-46,48-70H2,1-3H3/b11-8-,20-17-,25-22-,29-26-,33-30-,34-31-,38-35-,39-37-,47-44-. The predicted octanol–water partition coefficient (Wildman–Crippen LogP) is 23.4. The molecule has 0 radical (unpaired) electrons. The summed E-state index contributed by atoms with van der Waals surface area (Å²) in [6.45, 7) is 6.52. The molecule has 0 aliphatic rings. The average Bonchev–Trinajstić information content (AvgIpc) is 3.46. The number of esters is 3. The molecule has 1 atom stereocenters. The monoisotopic (exact) mass is 1110 g/mol. The van der Waals surface area contributed by atoms with Crippen molar-refractivity contribution in [1.29, 1.82) is 0 Å². The molecule has 0 aromatic heterocycles.